The number of para-hydroxylation sites is 1. The van der Waals surface area contributed by atoms with Crippen molar-refractivity contribution in [2.45, 2.75) is 0 Å². The van der Waals surface area contributed by atoms with Crippen molar-refractivity contribution in [1.29, 1.82) is 0 Å². The molecule has 0 saturated heterocycles. The van der Waals surface area contributed by atoms with Crippen LogP contribution in [0.5, 0.6) is 5.75 Å². The molecule has 0 heterocycles. The van der Waals surface area contributed by atoms with Crippen LogP contribution in [0, 0.1) is 10.1 Å². The van der Waals surface area contributed by atoms with Gasteiger partial charge in [0.25, 0.3) is 0 Å². The average molecular weight is 214 g/mol. The van der Waals surface area contributed by atoms with Gasteiger partial charge in [0.15, 0.2) is 5.75 Å². The van der Waals surface area contributed by atoms with E-state index in [-0.39, 0.29) is 23.1 Å². The van der Waals surface area contributed by atoms with Gasteiger partial charge in [-0.3, -0.25) is 10.1 Å². The Morgan fingerprint density at radius 2 is 2.36 bits per heavy atom. The zero-order valence-electron chi connectivity index (χ0n) is 7.27. The van der Waals surface area contributed by atoms with Gasteiger partial charge in [-0.15, -0.1) is 0 Å². The summed E-state index contributed by atoms with van der Waals surface area (Å²) in [5.41, 5.74) is -0.212. The molecular weight excluding hydrogens is 206 g/mol. The van der Waals surface area contributed by atoms with Crippen LogP contribution in [-0.2, 0) is 0 Å². The van der Waals surface area contributed by atoms with Crippen LogP contribution in [0.25, 0.3) is 0 Å². The first-order valence-electron chi connectivity index (χ1n) is 3.83. The Bertz CT molecular complexity index is 365. The Kier molecular flexibility index (Phi) is 3.48. The fourth-order valence-corrected chi connectivity index (χ4v) is 1.17. The maximum Gasteiger partial charge on any atom is 0.329 e. The number of hydrogen-bond acceptors (Lipinski definition) is 3. The van der Waals surface area contributed by atoms with Crippen LogP contribution in [0.15, 0.2) is 30.9 Å². The Hall–Kier alpha value is -1.55. The molecule has 0 atom stereocenters. The number of hydrogen-bond donors (Lipinski definition) is 0. The van der Waals surface area contributed by atoms with Gasteiger partial charge in [0.05, 0.1) is 4.92 Å². The van der Waals surface area contributed by atoms with Crippen molar-refractivity contribution < 1.29 is 9.66 Å². The smallest absolute Gasteiger partial charge is 0.329 e. The average Bonchev–Trinajstić information content (AvgIpc) is 2.14. The summed E-state index contributed by atoms with van der Waals surface area (Å²) in [6.45, 7) is 3.65. The first kappa shape index (κ1) is 10.5. The van der Waals surface area contributed by atoms with Gasteiger partial charge < -0.3 is 4.74 Å². The van der Waals surface area contributed by atoms with Crippen molar-refractivity contribution in [3.8, 4) is 5.75 Å². The van der Waals surface area contributed by atoms with Gasteiger partial charge in [-0.05, 0) is 12.1 Å². The third-order valence-electron chi connectivity index (χ3n) is 1.49. The highest BCUT2D eigenvalue weighted by Gasteiger charge is 2.18. The SMILES string of the molecule is C=CCOc1cccc(Cl)c1[N+](=O)[O-]. The molecule has 1 rings (SSSR count). The van der Waals surface area contributed by atoms with Crippen molar-refractivity contribution in [2.24, 2.45) is 0 Å². The summed E-state index contributed by atoms with van der Waals surface area (Å²) in [5.74, 6) is 0.155. The lowest BCUT2D eigenvalue weighted by Crippen LogP contribution is -1.98. The molecule has 4 nitrogen and oxygen atoms in total. The minimum absolute atomic E-state index is 0.0663. The summed E-state index contributed by atoms with van der Waals surface area (Å²) < 4.78 is 5.08. The van der Waals surface area contributed by atoms with Crippen LogP contribution in [-0.4, -0.2) is 11.5 Å². The molecule has 0 aliphatic heterocycles. The van der Waals surface area contributed by atoms with Gasteiger partial charge in [-0.25, -0.2) is 0 Å². The van der Waals surface area contributed by atoms with E-state index in [2.05, 4.69) is 6.58 Å². The lowest BCUT2D eigenvalue weighted by Gasteiger charge is -2.04. The van der Waals surface area contributed by atoms with Gasteiger partial charge in [0.1, 0.15) is 11.6 Å². The Balaban J connectivity index is 3.07. The molecule has 0 unspecified atom stereocenters. The molecule has 0 spiro atoms. The first-order valence-corrected chi connectivity index (χ1v) is 4.21. The zero-order valence-corrected chi connectivity index (χ0v) is 8.03. The van der Waals surface area contributed by atoms with Gasteiger partial charge in [-0.1, -0.05) is 30.3 Å². The molecule has 0 saturated carbocycles. The monoisotopic (exact) mass is 213 g/mol. The number of nitro benzene ring substituents is 1. The molecular formula is C9H8ClNO3. The zero-order chi connectivity index (χ0) is 10.6. The van der Waals surface area contributed by atoms with Crippen molar-refractivity contribution in [2.75, 3.05) is 6.61 Å². The van der Waals surface area contributed by atoms with E-state index in [1.165, 1.54) is 18.2 Å². The maximum absolute atomic E-state index is 10.6. The summed E-state index contributed by atoms with van der Waals surface area (Å²) in [6.07, 6.45) is 1.50. The summed E-state index contributed by atoms with van der Waals surface area (Å²) in [7, 11) is 0. The highest BCUT2D eigenvalue weighted by molar-refractivity contribution is 6.32. The second kappa shape index (κ2) is 4.62. The van der Waals surface area contributed by atoms with Crippen molar-refractivity contribution in [1.82, 2.24) is 0 Å². The highest BCUT2D eigenvalue weighted by Crippen LogP contribution is 2.33. The van der Waals surface area contributed by atoms with Crippen LogP contribution >= 0.6 is 11.6 Å². The summed E-state index contributed by atoms with van der Waals surface area (Å²) >= 11 is 5.66. The molecule has 0 N–H and O–H groups in total. The minimum atomic E-state index is -0.569. The molecule has 74 valence electrons. The van der Waals surface area contributed by atoms with E-state index < -0.39 is 4.92 Å². The van der Waals surface area contributed by atoms with Crippen LogP contribution < -0.4 is 4.74 Å². The lowest BCUT2D eigenvalue weighted by molar-refractivity contribution is -0.385. The predicted molar refractivity (Wildman–Crippen MR) is 53.8 cm³/mol. The molecule has 14 heavy (non-hydrogen) atoms. The predicted octanol–water partition coefficient (Wildman–Crippen LogP) is 2.81. The summed E-state index contributed by atoms with van der Waals surface area (Å²) in [4.78, 5) is 10.1. The summed E-state index contributed by atoms with van der Waals surface area (Å²) in [6, 6.07) is 4.53. The van der Waals surface area contributed by atoms with E-state index >= 15 is 0 Å². The van der Waals surface area contributed by atoms with Gasteiger partial charge in [0.2, 0.25) is 0 Å². The van der Waals surface area contributed by atoms with Crippen molar-refractivity contribution in [3.63, 3.8) is 0 Å². The molecule has 0 aromatic heterocycles. The molecule has 5 heteroatoms. The topological polar surface area (TPSA) is 52.4 Å². The quantitative estimate of drug-likeness (QED) is 0.439. The molecule has 0 aliphatic rings. The Morgan fingerprint density at radius 3 is 2.93 bits per heavy atom. The van der Waals surface area contributed by atoms with Gasteiger partial charge in [-0.2, -0.15) is 0 Å². The minimum Gasteiger partial charge on any atom is -0.483 e. The van der Waals surface area contributed by atoms with Crippen molar-refractivity contribution >= 4 is 17.3 Å². The van der Waals surface area contributed by atoms with E-state index in [1.807, 2.05) is 0 Å². The fourth-order valence-electron chi connectivity index (χ4n) is 0.938. The lowest BCUT2D eigenvalue weighted by atomic mass is 10.3. The van der Waals surface area contributed by atoms with Crippen LogP contribution in [0.1, 0.15) is 0 Å². The first-order chi connectivity index (χ1) is 6.66. The molecule has 1 aromatic rings. The van der Waals surface area contributed by atoms with E-state index in [4.69, 9.17) is 16.3 Å². The molecule has 1 aromatic carbocycles. The fraction of sp³-hybridized carbons (Fsp3) is 0.111. The molecule has 0 radical (unpaired) electrons. The third-order valence-corrected chi connectivity index (χ3v) is 1.79. The number of benzene rings is 1. The number of halogens is 1. The third kappa shape index (κ3) is 2.23. The molecule has 0 amide bonds. The number of nitrogens with zero attached hydrogens (tertiary/aromatic N) is 1. The van der Waals surface area contributed by atoms with Crippen LogP contribution in [0.2, 0.25) is 5.02 Å². The number of rotatable bonds is 4. The maximum atomic E-state index is 10.6. The highest BCUT2D eigenvalue weighted by atomic mass is 35.5. The second-order valence-electron chi connectivity index (χ2n) is 2.44. The van der Waals surface area contributed by atoms with Gasteiger partial charge in [0, 0.05) is 0 Å². The van der Waals surface area contributed by atoms with Crippen molar-refractivity contribution in [3.05, 3.63) is 46.0 Å². The second-order valence-corrected chi connectivity index (χ2v) is 2.85. The molecule has 0 fully saturated rings. The number of nitro groups is 1. The Labute approximate surface area is 85.9 Å². The summed E-state index contributed by atoms with van der Waals surface area (Å²) in [5, 5.41) is 10.7. The normalized spacial score (nSPS) is 9.50. The van der Waals surface area contributed by atoms with E-state index in [0.29, 0.717) is 0 Å². The number of ether oxygens (including phenoxy) is 1. The van der Waals surface area contributed by atoms with Crippen LogP contribution in [0.4, 0.5) is 5.69 Å². The van der Waals surface area contributed by atoms with E-state index in [0.717, 1.165) is 0 Å². The molecule has 0 aliphatic carbocycles. The van der Waals surface area contributed by atoms with Crippen LogP contribution in [0.3, 0.4) is 0 Å². The van der Waals surface area contributed by atoms with E-state index in [9.17, 15) is 10.1 Å². The largest absolute Gasteiger partial charge is 0.483 e. The molecule has 0 bridgehead atoms. The van der Waals surface area contributed by atoms with E-state index in [1.54, 1.807) is 6.07 Å². The Morgan fingerprint density at radius 1 is 1.64 bits per heavy atom. The van der Waals surface area contributed by atoms with Gasteiger partial charge >= 0.3 is 5.69 Å². The standard InChI is InChI=1S/C9H8ClNO3/c1-2-6-14-8-5-3-4-7(10)9(8)11(12)13/h2-5H,1,6H2.